The Labute approximate surface area is 186 Å². The highest BCUT2D eigenvalue weighted by molar-refractivity contribution is 6.05. The molecule has 0 fully saturated rings. The third-order valence-corrected chi connectivity index (χ3v) is 5.17. The van der Waals surface area contributed by atoms with Crippen molar-refractivity contribution in [1.29, 1.82) is 0 Å². The maximum atomic E-state index is 14.1. The van der Waals surface area contributed by atoms with Crippen molar-refractivity contribution in [1.82, 2.24) is 4.57 Å². The highest BCUT2D eigenvalue weighted by Gasteiger charge is 2.31. The quantitative estimate of drug-likeness (QED) is 0.395. The van der Waals surface area contributed by atoms with E-state index in [-0.39, 0.29) is 29.0 Å². The van der Waals surface area contributed by atoms with Gasteiger partial charge in [0.25, 0.3) is 5.91 Å². The average Bonchev–Trinajstić information content (AvgIpc) is 2.97. The summed E-state index contributed by atoms with van der Waals surface area (Å²) >= 11 is 0. The zero-order chi connectivity index (χ0) is 24.5. The molecule has 0 unspecified atom stereocenters. The zero-order valence-electron chi connectivity index (χ0n) is 18.0. The average molecular weight is 467 g/mol. The number of phenols is 1. The van der Waals surface area contributed by atoms with Gasteiger partial charge in [-0.3, -0.25) is 14.2 Å². The lowest BCUT2D eigenvalue weighted by Crippen LogP contribution is -2.18. The van der Waals surface area contributed by atoms with Gasteiger partial charge in [0.1, 0.15) is 5.75 Å². The van der Waals surface area contributed by atoms with Gasteiger partial charge in [0.05, 0.1) is 18.0 Å². The number of ether oxygens (including phenoxy) is 2. The second-order valence-corrected chi connectivity index (χ2v) is 7.48. The molecule has 3 rings (SSSR count). The standard InChI is InChI=1S/C23H21F4NO5/c1-4-12(2)32-21(30)10-16-13(3)28(19-11-18(24)20(29)9-17(16)19)22(31)14-5-7-15(8-6-14)33-23(25,26)27/h5-9,11-12,29H,4,10H2,1-3H3/t12-/m0/s1. The van der Waals surface area contributed by atoms with Crippen molar-refractivity contribution >= 4 is 22.8 Å². The van der Waals surface area contributed by atoms with Gasteiger partial charge in [-0.25, -0.2) is 4.39 Å². The minimum atomic E-state index is -4.88. The lowest BCUT2D eigenvalue weighted by Gasteiger charge is -2.11. The Balaban J connectivity index is 2.05. The van der Waals surface area contributed by atoms with Crippen molar-refractivity contribution in [3.63, 3.8) is 0 Å². The first-order valence-corrected chi connectivity index (χ1v) is 10.0. The van der Waals surface area contributed by atoms with Gasteiger partial charge in [-0.2, -0.15) is 0 Å². The maximum Gasteiger partial charge on any atom is 0.573 e. The molecule has 176 valence electrons. The van der Waals surface area contributed by atoms with Crippen LogP contribution in [0, 0.1) is 12.7 Å². The van der Waals surface area contributed by atoms with Crippen LogP contribution < -0.4 is 4.74 Å². The third kappa shape index (κ3) is 5.27. The highest BCUT2D eigenvalue weighted by atomic mass is 19.4. The van der Waals surface area contributed by atoms with Crippen LogP contribution in [0.2, 0.25) is 0 Å². The number of aromatic nitrogens is 1. The van der Waals surface area contributed by atoms with Crippen LogP contribution in [0.15, 0.2) is 36.4 Å². The molecule has 0 aliphatic heterocycles. The van der Waals surface area contributed by atoms with E-state index in [0.717, 1.165) is 41.0 Å². The number of fused-ring (bicyclic) bond motifs is 1. The van der Waals surface area contributed by atoms with E-state index in [0.29, 0.717) is 17.7 Å². The van der Waals surface area contributed by atoms with Crippen LogP contribution in [-0.4, -0.2) is 34.0 Å². The van der Waals surface area contributed by atoms with Gasteiger partial charge in [-0.05, 0) is 56.2 Å². The minimum absolute atomic E-state index is 0.00624. The molecule has 1 atom stereocenters. The molecule has 0 aliphatic rings. The van der Waals surface area contributed by atoms with E-state index in [1.165, 1.54) is 0 Å². The van der Waals surface area contributed by atoms with Crippen molar-refractivity contribution in [2.75, 3.05) is 0 Å². The Kier molecular flexibility index (Phi) is 6.66. The van der Waals surface area contributed by atoms with E-state index in [1.54, 1.807) is 13.8 Å². The van der Waals surface area contributed by atoms with Crippen molar-refractivity contribution in [2.45, 2.75) is 46.1 Å². The predicted octanol–water partition coefficient (Wildman–Crippen LogP) is 5.27. The van der Waals surface area contributed by atoms with Crippen molar-refractivity contribution in [2.24, 2.45) is 0 Å². The summed E-state index contributed by atoms with van der Waals surface area (Å²) in [5.41, 5.74) is 0.761. The Morgan fingerprint density at radius 2 is 1.79 bits per heavy atom. The van der Waals surface area contributed by atoms with Crippen LogP contribution in [0.3, 0.4) is 0 Å². The van der Waals surface area contributed by atoms with Crippen molar-refractivity contribution in [3.8, 4) is 11.5 Å². The molecule has 2 aromatic carbocycles. The molecule has 0 saturated carbocycles. The second-order valence-electron chi connectivity index (χ2n) is 7.48. The van der Waals surface area contributed by atoms with Gasteiger partial charge in [0.2, 0.25) is 0 Å². The number of hydrogen-bond donors (Lipinski definition) is 1. The fraction of sp³-hybridized carbons (Fsp3) is 0.304. The van der Waals surface area contributed by atoms with Crippen LogP contribution in [0.5, 0.6) is 11.5 Å². The maximum absolute atomic E-state index is 14.1. The van der Waals surface area contributed by atoms with Gasteiger partial charge in [-0.15, -0.1) is 13.2 Å². The van der Waals surface area contributed by atoms with Crippen LogP contribution >= 0.6 is 0 Å². The molecule has 33 heavy (non-hydrogen) atoms. The summed E-state index contributed by atoms with van der Waals surface area (Å²) in [7, 11) is 0. The van der Waals surface area contributed by atoms with Crippen LogP contribution in [0.4, 0.5) is 17.6 Å². The molecule has 0 spiro atoms. The second kappa shape index (κ2) is 9.13. The Morgan fingerprint density at radius 3 is 2.36 bits per heavy atom. The van der Waals surface area contributed by atoms with E-state index < -0.39 is 35.6 Å². The van der Waals surface area contributed by atoms with E-state index in [1.807, 2.05) is 6.92 Å². The normalized spacial score (nSPS) is 12.6. The number of benzene rings is 2. The summed E-state index contributed by atoms with van der Waals surface area (Å²) in [5, 5.41) is 10.1. The van der Waals surface area contributed by atoms with Crippen LogP contribution in [0.1, 0.15) is 41.9 Å². The number of carbonyl (C=O) groups excluding carboxylic acids is 2. The Hall–Kier alpha value is -3.56. The molecule has 3 aromatic rings. The Bertz CT molecular complexity index is 1200. The molecule has 10 heteroatoms. The van der Waals surface area contributed by atoms with Crippen LogP contribution in [0.25, 0.3) is 10.9 Å². The highest BCUT2D eigenvalue weighted by Crippen LogP contribution is 2.32. The van der Waals surface area contributed by atoms with Gasteiger partial charge in [-0.1, -0.05) is 6.92 Å². The van der Waals surface area contributed by atoms with Gasteiger partial charge in [0, 0.05) is 22.7 Å². The van der Waals surface area contributed by atoms with Gasteiger partial charge in [0.15, 0.2) is 11.6 Å². The molecule has 1 aromatic heterocycles. The van der Waals surface area contributed by atoms with Crippen LogP contribution in [-0.2, 0) is 16.0 Å². The molecule has 0 aliphatic carbocycles. The third-order valence-electron chi connectivity index (χ3n) is 5.17. The number of aromatic hydroxyl groups is 1. The van der Waals surface area contributed by atoms with Crippen molar-refractivity contribution < 1.29 is 41.7 Å². The molecule has 0 saturated heterocycles. The van der Waals surface area contributed by atoms with E-state index >= 15 is 0 Å². The SMILES string of the molecule is CC[C@H](C)OC(=O)Cc1c(C)n(C(=O)c2ccc(OC(F)(F)F)cc2)c2cc(F)c(O)cc12. The number of alkyl halides is 3. The largest absolute Gasteiger partial charge is 0.573 e. The minimum Gasteiger partial charge on any atom is -0.505 e. The fourth-order valence-electron chi connectivity index (χ4n) is 3.40. The number of carbonyl (C=O) groups is 2. The van der Waals surface area contributed by atoms with Gasteiger partial charge < -0.3 is 14.6 Å². The predicted molar refractivity (Wildman–Crippen MR) is 111 cm³/mol. The molecule has 0 radical (unpaired) electrons. The van der Waals surface area contributed by atoms with E-state index in [2.05, 4.69) is 4.74 Å². The first-order valence-electron chi connectivity index (χ1n) is 10.0. The summed E-state index contributed by atoms with van der Waals surface area (Å²) in [6.45, 7) is 5.12. The number of hydrogen-bond acceptors (Lipinski definition) is 5. The molecule has 0 bridgehead atoms. The molecular weight excluding hydrogens is 446 g/mol. The number of rotatable bonds is 6. The fourth-order valence-corrected chi connectivity index (χ4v) is 3.40. The summed E-state index contributed by atoms with van der Waals surface area (Å²) in [6, 6.07) is 6.33. The summed E-state index contributed by atoms with van der Waals surface area (Å²) in [4.78, 5) is 25.6. The molecule has 0 amide bonds. The topological polar surface area (TPSA) is 77.8 Å². The van der Waals surface area contributed by atoms with E-state index in [4.69, 9.17) is 4.74 Å². The molecule has 6 nitrogen and oxygen atoms in total. The molecular formula is C23H21F4NO5. The van der Waals surface area contributed by atoms with Gasteiger partial charge >= 0.3 is 12.3 Å². The summed E-state index contributed by atoms with van der Waals surface area (Å²) in [6.07, 6.45) is -4.82. The number of halogens is 4. The first-order chi connectivity index (χ1) is 15.4. The summed E-state index contributed by atoms with van der Waals surface area (Å²) in [5.74, 6) is -3.36. The zero-order valence-corrected chi connectivity index (χ0v) is 18.0. The monoisotopic (exact) mass is 467 g/mol. The smallest absolute Gasteiger partial charge is 0.505 e. The summed E-state index contributed by atoms with van der Waals surface area (Å²) < 4.78 is 61.5. The van der Waals surface area contributed by atoms with E-state index in [9.17, 15) is 32.3 Å². The number of phenolic OH excluding ortho intramolecular Hbond substituents is 1. The van der Waals surface area contributed by atoms with Crippen molar-refractivity contribution in [3.05, 3.63) is 59.0 Å². The molecule has 1 N–H and O–H groups in total. The number of esters is 1. The lowest BCUT2D eigenvalue weighted by molar-refractivity contribution is -0.274. The number of nitrogens with zero attached hydrogens (tertiary/aromatic N) is 1. The molecule has 1 heterocycles. The first kappa shape index (κ1) is 24.1. The Morgan fingerprint density at radius 1 is 1.15 bits per heavy atom. The lowest BCUT2D eigenvalue weighted by atomic mass is 10.1.